The molecule has 1 rings (SSSR count). The zero-order valence-corrected chi connectivity index (χ0v) is 6.30. The molecule has 0 fully saturated rings. The minimum absolute atomic E-state index is 0.0790. The maximum absolute atomic E-state index is 12.9. The van der Waals surface area contributed by atoms with Gasteiger partial charge in [0.25, 0.3) is 0 Å². The minimum atomic E-state index is -0.953. The molecular formula is C8H9F2NO. The summed E-state index contributed by atoms with van der Waals surface area (Å²) in [5.74, 6) is -0.873. The number of phenols is 1. The molecule has 0 bridgehead atoms. The van der Waals surface area contributed by atoms with Gasteiger partial charge in [-0.05, 0) is 6.07 Å². The van der Waals surface area contributed by atoms with E-state index >= 15 is 0 Å². The average molecular weight is 173 g/mol. The van der Waals surface area contributed by atoms with Crippen molar-refractivity contribution in [3.8, 4) is 5.75 Å². The fourth-order valence-corrected chi connectivity index (χ4v) is 0.900. The van der Waals surface area contributed by atoms with Gasteiger partial charge in [-0.1, -0.05) is 6.07 Å². The minimum Gasteiger partial charge on any atom is -0.508 e. The van der Waals surface area contributed by atoms with E-state index in [-0.39, 0.29) is 11.3 Å². The topological polar surface area (TPSA) is 46.2 Å². The van der Waals surface area contributed by atoms with Gasteiger partial charge in [-0.25, -0.2) is 8.78 Å². The van der Waals surface area contributed by atoms with Crippen LogP contribution in [0.4, 0.5) is 8.78 Å². The van der Waals surface area contributed by atoms with Crippen LogP contribution < -0.4 is 5.73 Å². The molecule has 0 spiro atoms. The molecule has 12 heavy (non-hydrogen) atoms. The Morgan fingerprint density at radius 2 is 2.17 bits per heavy atom. The van der Waals surface area contributed by atoms with Gasteiger partial charge in [-0.2, -0.15) is 0 Å². The Balaban J connectivity index is 3.01. The summed E-state index contributed by atoms with van der Waals surface area (Å²) in [5, 5.41) is 8.82. The first-order valence-corrected chi connectivity index (χ1v) is 3.45. The molecule has 4 heteroatoms. The Labute approximate surface area is 68.6 Å². The number of hydrogen-bond donors (Lipinski definition) is 2. The molecule has 0 aliphatic heterocycles. The number of hydrogen-bond acceptors (Lipinski definition) is 2. The molecule has 0 aliphatic carbocycles. The van der Waals surface area contributed by atoms with Gasteiger partial charge in [0.15, 0.2) is 0 Å². The molecule has 0 unspecified atom stereocenters. The predicted molar refractivity (Wildman–Crippen MR) is 41.0 cm³/mol. The fraction of sp³-hybridized carbons (Fsp3) is 0.250. The van der Waals surface area contributed by atoms with Crippen LogP contribution >= 0.6 is 0 Å². The Hall–Kier alpha value is -1.16. The molecule has 1 atom stereocenters. The number of nitrogens with two attached hydrogens (primary N) is 1. The normalized spacial score (nSPS) is 12.9. The molecule has 0 radical (unpaired) electrons. The average Bonchev–Trinajstić information content (AvgIpc) is 2.03. The van der Waals surface area contributed by atoms with Crippen LogP contribution in [-0.4, -0.2) is 11.8 Å². The molecular weight excluding hydrogens is 164 g/mol. The Morgan fingerprint density at radius 3 is 2.67 bits per heavy atom. The van der Waals surface area contributed by atoms with Crippen molar-refractivity contribution >= 4 is 0 Å². The quantitative estimate of drug-likeness (QED) is 0.711. The van der Waals surface area contributed by atoms with Gasteiger partial charge in [0.05, 0.1) is 6.04 Å². The molecule has 2 nitrogen and oxygen atoms in total. The highest BCUT2D eigenvalue weighted by Crippen LogP contribution is 2.19. The van der Waals surface area contributed by atoms with Crippen molar-refractivity contribution in [2.24, 2.45) is 5.73 Å². The van der Waals surface area contributed by atoms with Crippen LogP contribution in [0.2, 0.25) is 0 Å². The Kier molecular flexibility index (Phi) is 2.60. The van der Waals surface area contributed by atoms with Crippen molar-refractivity contribution in [2.75, 3.05) is 6.67 Å². The van der Waals surface area contributed by atoms with Gasteiger partial charge in [0.2, 0.25) is 0 Å². The number of halogens is 2. The largest absolute Gasteiger partial charge is 0.508 e. The molecule has 66 valence electrons. The maximum Gasteiger partial charge on any atom is 0.131 e. The summed E-state index contributed by atoms with van der Waals surface area (Å²) in [6.45, 7) is -0.818. The molecule has 0 saturated heterocycles. The summed E-state index contributed by atoms with van der Waals surface area (Å²) >= 11 is 0. The fourth-order valence-electron chi connectivity index (χ4n) is 0.900. The highest BCUT2D eigenvalue weighted by Gasteiger charge is 2.10. The van der Waals surface area contributed by atoms with Gasteiger partial charge < -0.3 is 10.8 Å². The van der Waals surface area contributed by atoms with Gasteiger partial charge in [0, 0.05) is 11.6 Å². The van der Waals surface area contributed by atoms with Crippen LogP contribution in [-0.2, 0) is 0 Å². The molecule has 0 aromatic heterocycles. The van der Waals surface area contributed by atoms with E-state index in [9.17, 15) is 8.78 Å². The lowest BCUT2D eigenvalue weighted by atomic mass is 10.1. The summed E-state index contributed by atoms with van der Waals surface area (Å²) in [6.07, 6.45) is 0. The van der Waals surface area contributed by atoms with Crippen molar-refractivity contribution in [3.63, 3.8) is 0 Å². The Bertz CT molecular complexity index is 278. The van der Waals surface area contributed by atoms with Gasteiger partial charge >= 0.3 is 0 Å². The van der Waals surface area contributed by atoms with E-state index in [1.165, 1.54) is 12.1 Å². The summed E-state index contributed by atoms with van der Waals surface area (Å²) < 4.78 is 24.9. The van der Waals surface area contributed by atoms with E-state index in [4.69, 9.17) is 10.8 Å². The molecule has 3 N–H and O–H groups in total. The van der Waals surface area contributed by atoms with Gasteiger partial charge in [0.1, 0.15) is 18.2 Å². The summed E-state index contributed by atoms with van der Waals surface area (Å²) in [5.41, 5.74) is 5.33. The van der Waals surface area contributed by atoms with Gasteiger partial charge in [-0.15, -0.1) is 0 Å². The number of alkyl halides is 1. The molecule has 0 heterocycles. The van der Waals surface area contributed by atoms with Crippen LogP contribution in [0.5, 0.6) is 5.75 Å². The SMILES string of the molecule is N[C@H](CF)c1ccc(O)cc1F. The third kappa shape index (κ3) is 1.71. The Morgan fingerprint density at radius 1 is 1.50 bits per heavy atom. The van der Waals surface area contributed by atoms with E-state index in [1.807, 2.05) is 0 Å². The highest BCUT2D eigenvalue weighted by molar-refractivity contribution is 5.29. The van der Waals surface area contributed by atoms with Crippen LogP contribution in [0.25, 0.3) is 0 Å². The second kappa shape index (κ2) is 3.49. The molecule has 0 saturated carbocycles. The zero-order valence-electron chi connectivity index (χ0n) is 6.30. The van der Waals surface area contributed by atoms with E-state index in [1.54, 1.807) is 0 Å². The van der Waals surface area contributed by atoms with Crippen LogP contribution in [0, 0.1) is 5.82 Å². The summed E-state index contributed by atoms with van der Waals surface area (Å²) in [6, 6.07) is 2.50. The van der Waals surface area contributed by atoms with Gasteiger partial charge in [-0.3, -0.25) is 0 Å². The first-order chi connectivity index (χ1) is 5.65. The van der Waals surface area contributed by atoms with E-state index < -0.39 is 18.5 Å². The van der Waals surface area contributed by atoms with E-state index in [0.717, 1.165) is 6.07 Å². The van der Waals surface area contributed by atoms with Crippen LogP contribution in [0.3, 0.4) is 0 Å². The smallest absolute Gasteiger partial charge is 0.131 e. The lowest BCUT2D eigenvalue weighted by Gasteiger charge is -2.08. The van der Waals surface area contributed by atoms with Crippen LogP contribution in [0.15, 0.2) is 18.2 Å². The first-order valence-electron chi connectivity index (χ1n) is 3.45. The van der Waals surface area contributed by atoms with E-state index in [2.05, 4.69) is 0 Å². The number of aromatic hydroxyl groups is 1. The van der Waals surface area contributed by atoms with Crippen molar-refractivity contribution < 1.29 is 13.9 Å². The molecule has 1 aromatic rings. The molecule has 1 aromatic carbocycles. The number of benzene rings is 1. The van der Waals surface area contributed by atoms with E-state index in [0.29, 0.717) is 0 Å². The van der Waals surface area contributed by atoms with Crippen molar-refractivity contribution in [2.45, 2.75) is 6.04 Å². The lowest BCUT2D eigenvalue weighted by Crippen LogP contribution is -2.13. The third-order valence-electron chi connectivity index (χ3n) is 1.55. The third-order valence-corrected chi connectivity index (χ3v) is 1.55. The number of rotatable bonds is 2. The second-order valence-corrected chi connectivity index (χ2v) is 2.47. The first kappa shape index (κ1) is 8.93. The summed E-state index contributed by atoms with van der Waals surface area (Å²) in [7, 11) is 0. The zero-order chi connectivity index (χ0) is 9.14. The highest BCUT2D eigenvalue weighted by atomic mass is 19.1. The van der Waals surface area contributed by atoms with Crippen molar-refractivity contribution in [1.82, 2.24) is 0 Å². The molecule has 0 aliphatic rings. The summed E-state index contributed by atoms with van der Waals surface area (Å²) in [4.78, 5) is 0. The monoisotopic (exact) mass is 173 g/mol. The standard InChI is InChI=1S/C8H9F2NO/c9-4-8(11)6-2-1-5(12)3-7(6)10/h1-3,8,12H,4,11H2/t8-/m1/s1. The van der Waals surface area contributed by atoms with Crippen molar-refractivity contribution in [1.29, 1.82) is 0 Å². The lowest BCUT2D eigenvalue weighted by molar-refractivity contribution is 0.423. The van der Waals surface area contributed by atoms with Crippen molar-refractivity contribution in [3.05, 3.63) is 29.6 Å². The second-order valence-electron chi connectivity index (χ2n) is 2.47. The maximum atomic E-state index is 12.9. The predicted octanol–water partition coefficient (Wildman–Crippen LogP) is 1.50. The van der Waals surface area contributed by atoms with Crippen LogP contribution in [0.1, 0.15) is 11.6 Å². The number of phenolic OH excluding ortho intramolecular Hbond substituents is 1. The molecule has 0 amide bonds.